The lowest BCUT2D eigenvalue weighted by atomic mass is 10.1. The molecule has 2 aromatic carbocycles. The van der Waals surface area contributed by atoms with Gasteiger partial charge in [0.05, 0.1) is 12.9 Å². The van der Waals surface area contributed by atoms with Gasteiger partial charge in [0.25, 0.3) is 0 Å². The summed E-state index contributed by atoms with van der Waals surface area (Å²) < 4.78 is 36.2. The summed E-state index contributed by atoms with van der Waals surface area (Å²) in [5.74, 6) is -0.653. The summed E-state index contributed by atoms with van der Waals surface area (Å²) in [4.78, 5) is 12.5. The Morgan fingerprint density at radius 2 is 1.92 bits per heavy atom. The second-order valence-corrected chi connectivity index (χ2v) is 7.52. The van der Waals surface area contributed by atoms with Crippen LogP contribution in [0, 0.1) is 0 Å². The molecule has 0 aliphatic heterocycles. The molecule has 0 atom stereocenters. The molecule has 7 heteroatoms. The van der Waals surface area contributed by atoms with E-state index in [4.69, 9.17) is 9.15 Å². The molecule has 0 radical (unpaired) electrons. The van der Waals surface area contributed by atoms with Crippen molar-refractivity contribution < 1.29 is 22.7 Å². The summed E-state index contributed by atoms with van der Waals surface area (Å²) in [5, 5.41) is 9.98. The molecule has 0 aliphatic rings. The second kappa shape index (κ2) is 6.68. The fourth-order valence-electron chi connectivity index (χ4n) is 2.68. The van der Waals surface area contributed by atoms with E-state index in [9.17, 15) is 18.3 Å². The van der Waals surface area contributed by atoms with Crippen LogP contribution in [0.3, 0.4) is 0 Å². The first-order valence-corrected chi connectivity index (χ1v) is 9.31. The molecule has 0 spiro atoms. The molecule has 1 aromatic heterocycles. The van der Waals surface area contributed by atoms with Crippen molar-refractivity contribution in [3.8, 4) is 22.8 Å². The van der Waals surface area contributed by atoms with Gasteiger partial charge in [0.2, 0.25) is 5.43 Å². The highest BCUT2D eigenvalue weighted by molar-refractivity contribution is 7.91. The van der Waals surface area contributed by atoms with Crippen LogP contribution in [0.1, 0.15) is 0 Å². The molecule has 0 fully saturated rings. The van der Waals surface area contributed by atoms with E-state index in [0.29, 0.717) is 5.56 Å². The van der Waals surface area contributed by atoms with Gasteiger partial charge in [-0.2, -0.15) is 0 Å². The number of fused-ring (bicyclic) bond motifs is 1. The van der Waals surface area contributed by atoms with Gasteiger partial charge in [-0.05, 0) is 0 Å². The van der Waals surface area contributed by atoms with Gasteiger partial charge in [0, 0.05) is 17.7 Å². The quantitative estimate of drug-likeness (QED) is 0.692. The first-order chi connectivity index (χ1) is 12.4. The largest absolute Gasteiger partial charge is 0.507 e. The van der Waals surface area contributed by atoms with Crippen molar-refractivity contribution >= 4 is 20.8 Å². The topological polar surface area (TPSA) is 93.8 Å². The van der Waals surface area contributed by atoms with Crippen molar-refractivity contribution in [3.05, 3.63) is 65.3 Å². The maximum atomic E-state index is 13.0. The normalized spacial score (nSPS) is 11.4. The molecule has 1 heterocycles. The van der Waals surface area contributed by atoms with E-state index in [-0.39, 0.29) is 22.5 Å². The minimum absolute atomic E-state index is 0.0308. The third-order valence-corrected chi connectivity index (χ3v) is 5.49. The Labute approximate surface area is 149 Å². The van der Waals surface area contributed by atoms with Crippen LogP contribution >= 0.6 is 0 Å². The Bertz CT molecular complexity index is 1140. The van der Waals surface area contributed by atoms with E-state index in [2.05, 4.69) is 6.58 Å². The van der Waals surface area contributed by atoms with Crippen LogP contribution < -0.4 is 10.2 Å². The molecule has 0 amide bonds. The summed E-state index contributed by atoms with van der Waals surface area (Å²) in [7, 11) is -2.61. The van der Waals surface area contributed by atoms with E-state index >= 15 is 0 Å². The number of methoxy groups -OCH3 is 1. The Balaban J connectivity index is 2.51. The van der Waals surface area contributed by atoms with E-state index in [1.807, 2.05) is 0 Å². The van der Waals surface area contributed by atoms with Crippen LogP contribution in [-0.4, -0.2) is 26.4 Å². The third kappa shape index (κ3) is 2.97. The van der Waals surface area contributed by atoms with Crippen LogP contribution in [-0.2, 0) is 9.84 Å². The summed E-state index contributed by atoms with van der Waals surface area (Å²) in [5.41, 5.74) is -0.369. The highest BCUT2D eigenvalue weighted by atomic mass is 32.2. The third-order valence-electron chi connectivity index (χ3n) is 3.83. The SMILES string of the molecule is C=CCS(=O)(=O)c1c(-c2ccccc2)oc2cc(OC)cc(O)c2c1=O. The molecule has 3 aromatic rings. The number of aromatic hydroxyl groups is 1. The summed E-state index contributed by atoms with van der Waals surface area (Å²) >= 11 is 0. The van der Waals surface area contributed by atoms with Gasteiger partial charge < -0.3 is 14.3 Å². The monoisotopic (exact) mass is 372 g/mol. The van der Waals surface area contributed by atoms with Crippen molar-refractivity contribution in [2.24, 2.45) is 0 Å². The second-order valence-electron chi connectivity index (χ2n) is 5.55. The lowest BCUT2D eigenvalue weighted by molar-refractivity contribution is 0.408. The Morgan fingerprint density at radius 3 is 2.54 bits per heavy atom. The van der Waals surface area contributed by atoms with Crippen molar-refractivity contribution in [3.63, 3.8) is 0 Å². The zero-order chi connectivity index (χ0) is 18.9. The maximum Gasteiger partial charge on any atom is 0.215 e. The molecule has 1 N–H and O–H groups in total. The number of benzene rings is 2. The maximum absolute atomic E-state index is 13.0. The molecule has 3 rings (SSSR count). The molecule has 6 nitrogen and oxygen atoms in total. The van der Waals surface area contributed by atoms with Crippen molar-refractivity contribution in [2.45, 2.75) is 4.90 Å². The fraction of sp³-hybridized carbons (Fsp3) is 0.105. The summed E-state index contributed by atoms with van der Waals surface area (Å²) in [6.07, 6.45) is 1.20. The first-order valence-electron chi connectivity index (χ1n) is 7.66. The number of hydrogen-bond acceptors (Lipinski definition) is 6. The van der Waals surface area contributed by atoms with Crippen molar-refractivity contribution in [2.75, 3.05) is 12.9 Å². The number of ether oxygens (including phenoxy) is 1. The lowest BCUT2D eigenvalue weighted by Gasteiger charge is -2.11. The molecule has 0 unspecified atom stereocenters. The van der Waals surface area contributed by atoms with Gasteiger partial charge in [-0.1, -0.05) is 36.4 Å². The van der Waals surface area contributed by atoms with E-state index < -0.39 is 31.7 Å². The molecule has 0 saturated carbocycles. The summed E-state index contributed by atoms with van der Waals surface area (Å²) in [6.45, 7) is 3.43. The molecule has 0 saturated heterocycles. The van der Waals surface area contributed by atoms with E-state index in [1.54, 1.807) is 30.3 Å². The molecule has 26 heavy (non-hydrogen) atoms. The van der Waals surface area contributed by atoms with Crippen molar-refractivity contribution in [1.82, 2.24) is 0 Å². The Hall–Kier alpha value is -3.06. The van der Waals surface area contributed by atoms with Crippen molar-refractivity contribution in [1.29, 1.82) is 0 Å². The number of hydrogen-bond donors (Lipinski definition) is 1. The smallest absolute Gasteiger partial charge is 0.215 e. The molecule has 134 valence electrons. The predicted octanol–water partition coefficient (Wildman–Crippen LogP) is 3.13. The molecule has 0 aliphatic carbocycles. The fourth-order valence-corrected chi connectivity index (χ4v) is 3.98. The average Bonchev–Trinajstić information content (AvgIpc) is 2.61. The van der Waals surface area contributed by atoms with Crippen LogP contribution in [0.2, 0.25) is 0 Å². The van der Waals surface area contributed by atoms with Gasteiger partial charge in [0.1, 0.15) is 22.5 Å². The lowest BCUT2D eigenvalue weighted by Crippen LogP contribution is -2.19. The minimum atomic E-state index is -4.01. The number of sulfone groups is 1. The first kappa shape index (κ1) is 17.8. The Morgan fingerprint density at radius 1 is 1.23 bits per heavy atom. The van der Waals surface area contributed by atoms with Gasteiger partial charge in [-0.15, -0.1) is 6.58 Å². The number of rotatable bonds is 5. The minimum Gasteiger partial charge on any atom is -0.507 e. The standard InChI is InChI=1S/C19H16O6S/c1-3-9-26(22,23)19-17(21)16-14(20)10-13(24-2)11-15(16)25-18(19)12-7-5-4-6-8-12/h3-8,10-11,20H,1,9H2,2H3. The van der Waals surface area contributed by atoms with Gasteiger partial charge in [-0.3, -0.25) is 4.79 Å². The molecular formula is C19H16O6S. The van der Waals surface area contributed by atoms with Crippen LogP contribution in [0.25, 0.3) is 22.3 Å². The van der Waals surface area contributed by atoms with Crippen LogP contribution in [0.5, 0.6) is 11.5 Å². The zero-order valence-electron chi connectivity index (χ0n) is 13.9. The molecule has 0 bridgehead atoms. The summed E-state index contributed by atoms with van der Waals surface area (Å²) in [6, 6.07) is 11.1. The number of phenolic OH excluding ortho intramolecular Hbond substituents is 1. The number of phenols is 1. The Kier molecular flexibility index (Phi) is 4.56. The highest BCUT2D eigenvalue weighted by Gasteiger charge is 2.28. The average molecular weight is 372 g/mol. The van der Waals surface area contributed by atoms with E-state index in [1.165, 1.54) is 25.3 Å². The van der Waals surface area contributed by atoms with Crippen LogP contribution in [0.4, 0.5) is 0 Å². The van der Waals surface area contributed by atoms with Gasteiger partial charge >= 0.3 is 0 Å². The van der Waals surface area contributed by atoms with E-state index in [0.717, 1.165) is 0 Å². The molecular weight excluding hydrogens is 356 g/mol. The van der Waals surface area contributed by atoms with Crippen LogP contribution in [0.15, 0.2) is 69.2 Å². The van der Waals surface area contributed by atoms with Gasteiger partial charge in [0.15, 0.2) is 20.5 Å². The zero-order valence-corrected chi connectivity index (χ0v) is 14.7. The highest BCUT2D eigenvalue weighted by Crippen LogP contribution is 2.34. The van der Waals surface area contributed by atoms with Gasteiger partial charge in [-0.25, -0.2) is 8.42 Å². The predicted molar refractivity (Wildman–Crippen MR) is 98.4 cm³/mol.